The molecule has 3 aromatic rings. The molecule has 0 saturated carbocycles. The number of aromatic nitrogens is 3. The Labute approximate surface area is 159 Å². The summed E-state index contributed by atoms with van der Waals surface area (Å²) in [5.74, 6) is 0.665. The van der Waals surface area contributed by atoms with E-state index in [0.717, 1.165) is 17.7 Å². The number of oxime groups is 1. The molecular weight excluding hydrogens is 373 g/mol. The quantitative estimate of drug-likeness (QED) is 0.446. The molecule has 0 aliphatic rings. The molecule has 0 radical (unpaired) electrons. The van der Waals surface area contributed by atoms with Crippen molar-refractivity contribution < 1.29 is 22.7 Å². The zero-order valence-electron chi connectivity index (χ0n) is 14.9. The largest absolute Gasteiger partial charge is 0.471 e. The predicted octanol–water partition coefficient (Wildman–Crippen LogP) is 4.27. The van der Waals surface area contributed by atoms with Gasteiger partial charge in [-0.1, -0.05) is 22.5 Å². The van der Waals surface area contributed by atoms with E-state index in [4.69, 9.17) is 9.57 Å². The lowest BCUT2D eigenvalue weighted by molar-refractivity contribution is -0.137. The summed E-state index contributed by atoms with van der Waals surface area (Å²) in [5.41, 5.74) is 1.37. The summed E-state index contributed by atoms with van der Waals surface area (Å²) in [7, 11) is 0. The molecule has 3 rings (SSSR count). The average Bonchev–Trinajstić information content (AvgIpc) is 3.20. The van der Waals surface area contributed by atoms with Gasteiger partial charge in [-0.2, -0.15) is 13.2 Å². The van der Waals surface area contributed by atoms with Crippen molar-refractivity contribution in [2.45, 2.75) is 26.4 Å². The fraction of sp³-hybridized carbons (Fsp3) is 0.211. The van der Waals surface area contributed by atoms with Crippen molar-refractivity contribution in [3.63, 3.8) is 0 Å². The number of ether oxygens (including phenoxy) is 1. The average molecular weight is 390 g/mol. The predicted molar refractivity (Wildman–Crippen MR) is 95.5 cm³/mol. The number of hydrogen-bond donors (Lipinski definition) is 0. The molecule has 2 aromatic carbocycles. The van der Waals surface area contributed by atoms with Gasteiger partial charge in [-0.25, -0.2) is 4.68 Å². The maximum absolute atomic E-state index is 12.5. The van der Waals surface area contributed by atoms with E-state index in [0.29, 0.717) is 17.0 Å². The topological polar surface area (TPSA) is 61.5 Å². The molecule has 0 fully saturated rings. The van der Waals surface area contributed by atoms with Crippen LogP contribution in [-0.4, -0.2) is 20.7 Å². The highest BCUT2D eigenvalue weighted by Crippen LogP contribution is 2.29. The lowest BCUT2D eigenvalue weighted by atomic mass is 10.1. The van der Waals surface area contributed by atoms with Crippen molar-refractivity contribution >= 4 is 5.71 Å². The van der Waals surface area contributed by atoms with Gasteiger partial charge in [0.2, 0.25) is 0 Å². The fourth-order valence-corrected chi connectivity index (χ4v) is 2.28. The van der Waals surface area contributed by atoms with E-state index >= 15 is 0 Å². The second-order valence-electron chi connectivity index (χ2n) is 5.89. The van der Waals surface area contributed by atoms with Crippen LogP contribution in [0.5, 0.6) is 5.75 Å². The van der Waals surface area contributed by atoms with Gasteiger partial charge in [0.25, 0.3) is 0 Å². The van der Waals surface area contributed by atoms with Crippen LogP contribution in [0.25, 0.3) is 0 Å². The van der Waals surface area contributed by atoms with Crippen LogP contribution in [0.2, 0.25) is 0 Å². The zero-order chi connectivity index (χ0) is 20.0. The lowest BCUT2D eigenvalue weighted by Gasteiger charge is -2.08. The maximum atomic E-state index is 12.5. The first-order valence-corrected chi connectivity index (χ1v) is 8.32. The third kappa shape index (κ3) is 5.32. The van der Waals surface area contributed by atoms with Crippen LogP contribution in [0.1, 0.15) is 23.6 Å². The Hall–Kier alpha value is -3.36. The molecule has 0 bridgehead atoms. The van der Waals surface area contributed by atoms with Gasteiger partial charge in [0.1, 0.15) is 12.4 Å². The monoisotopic (exact) mass is 390 g/mol. The Bertz CT molecular complexity index is 906. The van der Waals surface area contributed by atoms with E-state index in [9.17, 15) is 13.2 Å². The van der Waals surface area contributed by atoms with Crippen LogP contribution in [-0.2, 0) is 24.4 Å². The SMILES string of the molecule is CC(=NOCc1ccc(C(F)(F)F)cc1)c1ccc(OCn2ccnn2)cc1. The highest BCUT2D eigenvalue weighted by atomic mass is 19.4. The number of hydrogen-bond acceptors (Lipinski definition) is 5. The molecule has 0 atom stereocenters. The zero-order valence-corrected chi connectivity index (χ0v) is 14.9. The second-order valence-corrected chi connectivity index (χ2v) is 5.89. The normalized spacial score (nSPS) is 12.1. The summed E-state index contributed by atoms with van der Waals surface area (Å²) in [6.07, 6.45) is -1.09. The van der Waals surface area contributed by atoms with E-state index in [-0.39, 0.29) is 13.3 Å². The highest BCUT2D eigenvalue weighted by Gasteiger charge is 2.29. The van der Waals surface area contributed by atoms with E-state index in [2.05, 4.69) is 15.5 Å². The van der Waals surface area contributed by atoms with Crippen LogP contribution < -0.4 is 4.74 Å². The van der Waals surface area contributed by atoms with Crippen molar-refractivity contribution in [3.8, 4) is 5.75 Å². The van der Waals surface area contributed by atoms with Crippen molar-refractivity contribution in [2.75, 3.05) is 0 Å². The first kappa shape index (κ1) is 19.4. The minimum atomic E-state index is -4.35. The molecule has 1 aromatic heterocycles. The van der Waals surface area contributed by atoms with E-state index < -0.39 is 11.7 Å². The molecule has 1 heterocycles. The second kappa shape index (κ2) is 8.55. The molecular formula is C19H17F3N4O2. The van der Waals surface area contributed by atoms with Gasteiger partial charge in [-0.3, -0.25) is 0 Å². The third-order valence-electron chi connectivity index (χ3n) is 3.82. The van der Waals surface area contributed by atoms with Crippen molar-refractivity contribution in [2.24, 2.45) is 5.16 Å². The first-order chi connectivity index (χ1) is 13.4. The summed E-state index contributed by atoms with van der Waals surface area (Å²) < 4.78 is 44.8. The third-order valence-corrected chi connectivity index (χ3v) is 3.82. The molecule has 28 heavy (non-hydrogen) atoms. The van der Waals surface area contributed by atoms with Crippen LogP contribution in [0.3, 0.4) is 0 Å². The summed E-state index contributed by atoms with van der Waals surface area (Å²) in [5, 5.41) is 11.5. The number of halogens is 3. The van der Waals surface area contributed by atoms with Crippen molar-refractivity contribution in [1.29, 1.82) is 0 Å². The minimum absolute atomic E-state index is 0.0780. The van der Waals surface area contributed by atoms with Gasteiger partial charge in [-0.05, 0) is 54.4 Å². The number of benzene rings is 2. The van der Waals surface area contributed by atoms with Gasteiger partial charge < -0.3 is 9.57 Å². The molecule has 0 spiro atoms. The molecule has 0 N–H and O–H groups in total. The Kier molecular flexibility index (Phi) is 5.93. The number of nitrogens with zero attached hydrogens (tertiary/aromatic N) is 4. The molecule has 9 heteroatoms. The molecule has 0 saturated heterocycles. The summed E-state index contributed by atoms with van der Waals surface area (Å²) in [6, 6.07) is 12.0. The van der Waals surface area contributed by atoms with Crippen molar-refractivity contribution in [1.82, 2.24) is 15.0 Å². The van der Waals surface area contributed by atoms with Gasteiger partial charge in [-0.15, -0.1) is 5.10 Å². The van der Waals surface area contributed by atoms with Crippen LogP contribution in [0.4, 0.5) is 13.2 Å². The Balaban J connectivity index is 1.51. The molecule has 0 unspecified atom stereocenters. The maximum Gasteiger partial charge on any atom is 0.416 e. The van der Waals surface area contributed by atoms with Crippen molar-refractivity contribution in [3.05, 3.63) is 77.6 Å². The molecule has 0 aliphatic carbocycles. The fourth-order valence-electron chi connectivity index (χ4n) is 2.28. The van der Waals surface area contributed by atoms with E-state index in [1.165, 1.54) is 12.1 Å². The van der Waals surface area contributed by atoms with Gasteiger partial charge in [0.15, 0.2) is 6.73 Å². The first-order valence-electron chi connectivity index (χ1n) is 8.32. The summed E-state index contributed by atoms with van der Waals surface area (Å²) >= 11 is 0. The molecule has 0 amide bonds. The Morgan fingerprint density at radius 2 is 1.79 bits per heavy atom. The van der Waals surface area contributed by atoms with Gasteiger partial charge >= 0.3 is 6.18 Å². The molecule has 146 valence electrons. The van der Waals surface area contributed by atoms with Crippen LogP contribution >= 0.6 is 0 Å². The van der Waals surface area contributed by atoms with E-state index in [1.807, 2.05) is 12.1 Å². The highest BCUT2D eigenvalue weighted by molar-refractivity contribution is 5.98. The lowest BCUT2D eigenvalue weighted by Crippen LogP contribution is -2.06. The molecule has 6 nitrogen and oxygen atoms in total. The summed E-state index contributed by atoms with van der Waals surface area (Å²) in [6.45, 7) is 2.11. The summed E-state index contributed by atoms with van der Waals surface area (Å²) in [4.78, 5) is 5.25. The Morgan fingerprint density at radius 1 is 1.07 bits per heavy atom. The smallest absolute Gasteiger partial charge is 0.416 e. The van der Waals surface area contributed by atoms with Crippen LogP contribution in [0.15, 0.2) is 66.1 Å². The van der Waals surface area contributed by atoms with Crippen LogP contribution in [0, 0.1) is 0 Å². The molecule has 0 aliphatic heterocycles. The number of alkyl halides is 3. The van der Waals surface area contributed by atoms with Gasteiger partial charge in [0, 0.05) is 6.20 Å². The minimum Gasteiger partial charge on any atom is -0.471 e. The Morgan fingerprint density at radius 3 is 2.39 bits per heavy atom. The number of rotatable bonds is 7. The van der Waals surface area contributed by atoms with Gasteiger partial charge in [0.05, 0.1) is 17.5 Å². The van der Waals surface area contributed by atoms with E-state index in [1.54, 1.807) is 36.1 Å². The standard InChI is InChI=1S/C19H17F3N4O2/c1-14(24-28-12-15-2-6-17(7-3-15)19(20,21)22)16-4-8-18(9-5-16)27-13-26-11-10-23-25-26/h2-11H,12-13H2,1H3.